The first-order chi connectivity index (χ1) is 7.38. The van der Waals surface area contributed by atoms with E-state index in [0.29, 0.717) is 10.6 Å². The highest BCUT2D eigenvalue weighted by Crippen LogP contribution is 2.10. The average molecular weight is 263 g/mol. The summed E-state index contributed by atoms with van der Waals surface area (Å²) in [6, 6.07) is 6.35. The molecule has 1 rings (SSSR count). The standard InChI is InChI=1S/C9H11ClN2O3S/c10-8-3-1-2-7(6-8)9(13)12-4-5-16(11,14)15/h1-3,6H,4-5H2,(H,12,13)(H2,11,14,15). The second kappa shape index (κ2) is 5.29. The molecule has 0 aromatic heterocycles. The van der Waals surface area contributed by atoms with Crippen LogP contribution in [0.4, 0.5) is 0 Å². The number of amides is 1. The summed E-state index contributed by atoms with van der Waals surface area (Å²) >= 11 is 5.70. The number of hydrogen-bond donors (Lipinski definition) is 2. The molecule has 0 aliphatic rings. The molecular formula is C9H11ClN2O3S. The molecule has 0 heterocycles. The number of sulfonamides is 1. The average Bonchev–Trinajstić information content (AvgIpc) is 2.15. The number of primary sulfonamides is 1. The highest BCUT2D eigenvalue weighted by molar-refractivity contribution is 7.89. The van der Waals surface area contributed by atoms with E-state index < -0.39 is 10.0 Å². The summed E-state index contributed by atoms with van der Waals surface area (Å²) in [5.41, 5.74) is 0.377. The van der Waals surface area contributed by atoms with Crippen molar-refractivity contribution in [2.24, 2.45) is 5.14 Å². The Kier molecular flexibility index (Phi) is 4.28. The van der Waals surface area contributed by atoms with Gasteiger partial charge in [0.15, 0.2) is 0 Å². The number of carbonyl (C=O) groups is 1. The van der Waals surface area contributed by atoms with Crippen LogP contribution in [0.1, 0.15) is 10.4 Å². The minimum atomic E-state index is -3.55. The molecule has 5 nitrogen and oxygen atoms in total. The molecule has 1 aromatic carbocycles. The van der Waals surface area contributed by atoms with Crippen LogP contribution in [0.2, 0.25) is 5.02 Å². The lowest BCUT2D eigenvalue weighted by Gasteiger charge is -2.04. The third-order valence-electron chi connectivity index (χ3n) is 1.76. The number of carbonyl (C=O) groups excluding carboxylic acids is 1. The normalized spacial score (nSPS) is 11.1. The Morgan fingerprint density at radius 3 is 2.69 bits per heavy atom. The van der Waals surface area contributed by atoms with Gasteiger partial charge in [-0.2, -0.15) is 0 Å². The minimum absolute atomic E-state index is 0.0236. The molecule has 0 saturated carbocycles. The van der Waals surface area contributed by atoms with Crippen molar-refractivity contribution < 1.29 is 13.2 Å². The monoisotopic (exact) mass is 262 g/mol. The van der Waals surface area contributed by atoms with Gasteiger partial charge in [-0.05, 0) is 18.2 Å². The molecule has 0 atom stereocenters. The topological polar surface area (TPSA) is 89.3 Å². The lowest BCUT2D eigenvalue weighted by molar-refractivity contribution is 0.0956. The Balaban J connectivity index is 2.54. The van der Waals surface area contributed by atoms with Crippen LogP contribution in [0.15, 0.2) is 24.3 Å². The Bertz CT molecular complexity index is 487. The SMILES string of the molecule is NS(=O)(=O)CCNC(=O)c1cccc(Cl)c1. The smallest absolute Gasteiger partial charge is 0.251 e. The predicted molar refractivity (Wildman–Crippen MR) is 61.8 cm³/mol. The Morgan fingerprint density at radius 2 is 2.12 bits per heavy atom. The van der Waals surface area contributed by atoms with E-state index in [1.807, 2.05) is 0 Å². The van der Waals surface area contributed by atoms with Crippen LogP contribution >= 0.6 is 11.6 Å². The first kappa shape index (κ1) is 13.0. The molecule has 88 valence electrons. The molecule has 1 aromatic rings. The third kappa shape index (κ3) is 4.61. The van der Waals surface area contributed by atoms with Crippen LogP contribution < -0.4 is 10.5 Å². The predicted octanol–water partition coefficient (Wildman–Crippen LogP) is 0.358. The van der Waals surface area contributed by atoms with E-state index in [1.54, 1.807) is 18.2 Å². The fourth-order valence-electron chi connectivity index (χ4n) is 1.04. The van der Waals surface area contributed by atoms with E-state index >= 15 is 0 Å². The second-order valence-corrected chi connectivity index (χ2v) is 5.30. The van der Waals surface area contributed by atoms with Gasteiger partial charge in [0.05, 0.1) is 5.75 Å². The zero-order valence-corrected chi connectivity index (χ0v) is 9.88. The Labute approximate surface area is 98.6 Å². The van der Waals surface area contributed by atoms with Crippen LogP contribution in [-0.2, 0) is 10.0 Å². The van der Waals surface area contributed by atoms with Crippen molar-refractivity contribution in [3.05, 3.63) is 34.9 Å². The maximum Gasteiger partial charge on any atom is 0.251 e. The third-order valence-corrected chi connectivity index (χ3v) is 2.77. The van der Waals surface area contributed by atoms with Crippen molar-refractivity contribution in [2.45, 2.75) is 0 Å². The van der Waals surface area contributed by atoms with Crippen molar-refractivity contribution in [1.82, 2.24) is 5.32 Å². The molecule has 1 amide bonds. The summed E-state index contributed by atoms with van der Waals surface area (Å²) in [5, 5.41) is 7.65. The van der Waals surface area contributed by atoms with Crippen molar-refractivity contribution in [3.63, 3.8) is 0 Å². The van der Waals surface area contributed by atoms with E-state index in [4.69, 9.17) is 16.7 Å². The first-order valence-electron chi connectivity index (χ1n) is 4.43. The van der Waals surface area contributed by atoms with E-state index in [1.165, 1.54) is 6.07 Å². The summed E-state index contributed by atoms with van der Waals surface area (Å²) in [4.78, 5) is 11.5. The van der Waals surface area contributed by atoms with Crippen LogP contribution in [0.25, 0.3) is 0 Å². The van der Waals surface area contributed by atoms with Crippen LogP contribution in [0.5, 0.6) is 0 Å². The van der Waals surface area contributed by atoms with E-state index in [2.05, 4.69) is 5.32 Å². The highest BCUT2D eigenvalue weighted by Gasteiger charge is 2.07. The summed E-state index contributed by atoms with van der Waals surface area (Å²) in [5.74, 6) is -0.676. The quantitative estimate of drug-likeness (QED) is 0.821. The number of nitrogens with one attached hydrogen (secondary N) is 1. The zero-order chi connectivity index (χ0) is 12.2. The van der Waals surface area contributed by atoms with Gasteiger partial charge in [-0.25, -0.2) is 13.6 Å². The largest absolute Gasteiger partial charge is 0.351 e. The van der Waals surface area contributed by atoms with Crippen molar-refractivity contribution in [1.29, 1.82) is 0 Å². The maximum absolute atomic E-state index is 11.5. The molecule has 3 N–H and O–H groups in total. The minimum Gasteiger partial charge on any atom is -0.351 e. The highest BCUT2D eigenvalue weighted by atomic mass is 35.5. The molecule has 0 saturated heterocycles. The van der Waals surface area contributed by atoms with Gasteiger partial charge in [-0.15, -0.1) is 0 Å². The van der Waals surface area contributed by atoms with Crippen LogP contribution in [-0.4, -0.2) is 26.6 Å². The molecule has 0 radical (unpaired) electrons. The molecule has 16 heavy (non-hydrogen) atoms. The van der Waals surface area contributed by atoms with Crippen molar-refractivity contribution >= 4 is 27.5 Å². The fraction of sp³-hybridized carbons (Fsp3) is 0.222. The first-order valence-corrected chi connectivity index (χ1v) is 6.52. The summed E-state index contributed by atoms with van der Waals surface area (Å²) < 4.78 is 21.2. The number of benzene rings is 1. The molecule has 0 fully saturated rings. The van der Waals surface area contributed by atoms with E-state index in [-0.39, 0.29) is 18.2 Å². The van der Waals surface area contributed by atoms with Gasteiger partial charge >= 0.3 is 0 Å². The van der Waals surface area contributed by atoms with Gasteiger partial charge in [-0.1, -0.05) is 17.7 Å². The summed E-state index contributed by atoms with van der Waals surface area (Å²) in [6.45, 7) is -0.0236. The number of nitrogens with two attached hydrogens (primary N) is 1. The van der Waals surface area contributed by atoms with Gasteiger partial charge in [0, 0.05) is 17.1 Å². The maximum atomic E-state index is 11.5. The number of halogens is 1. The lowest BCUT2D eigenvalue weighted by atomic mass is 10.2. The summed E-state index contributed by atoms with van der Waals surface area (Å²) in [7, 11) is -3.55. The Hall–Kier alpha value is -1.11. The van der Waals surface area contributed by atoms with Crippen molar-refractivity contribution in [2.75, 3.05) is 12.3 Å². The van der Waals surface area contributed by atoms with Crippen LogP contribution in [0.3, 0.4) is 0 Å². The molecular weight excluding hydrogens is 252 g/mol. The molecule has 0 bridgehead atoms. The summed E-state index contributed by atoms with van der Waals surface area (Å²) in [6.07, 6.45) is 0. The second-order valence-electron chi connectivity index (χ2n) is 3.13. The Morgan fingerprint density at radius 1 is 1.44 bits per heavy atom. The van der Waals surface area contributed by atoms with Gasteiger partial charge in [0.2, 0.25) is 10.0 Å². The molecule has 0 aliphatic heterocycles. The molecule has 0 unspecified atom stereocenters. The lowest BCUT2D eigenvalue weighted by Crippen LogP contribution is -2.31. The molecule has 7 heteroatoms. The zero-order valence-electron chi connectivity index (χ0n) is 8.31. The van der Waals surface area contributed by atoms with Gasteiger partial charge in [0.1, 0.15) is 0 Å². The van der Waals surface area contributed by atoms with Crippen LogP contribution in [0, 0.1) is 0 Å². The van der Waals surface area contributed by atoms with E-state index in [0.717, 1.165) is 0 Å². The van der Waals surface area contributed by atoms with Gasteiger partial charge in [-0.3, -0.25) is 4.79 Å². The molecule has 0 spiro atoms. The van der Waals surface area contributed by atoms with E-state index in [9.17, 15) is 13.2 Å². The van der Waals surface area contributed by atoms with Gasteiger partial charge in [0.25, 0.3) is 5.91 Å². The molecule has 0 aliphatic carbocycles. The van der Waals surface area contributed by atoms with Crippen molar-refractivity contribution in [3.8, 4) is 0 Å². The fourth-order valence-corrected chi connectivity index (χ4v) is 1.62. The number of rotatable bonds is 4. The number of hydrogen-bond acceptors (Lipinski definition) is 3. The van der Waals surface area contributed by atoms with Gasteiger partial charge < -0.3 is 5.32 Å².